The fourth-order valence-electron chi connectivity index (χ4n) is 6.18. The van der Waals surface area contributed by atoms with Gasteiger partial charge in [-0.2, -0.15) is 0 Å². The third-order valence-corrected chi connectivity index (χ3v) is 30.3. The number of ether oxygens (including phenoxy) is 1. The molecule has 0 aliphatic rings. The Hall–Kier alpha value is -1.91. The van der Waals surface area contributed by atoms with Crippen LogP contribution in [0.4, 0.5) is 0 Å². The van der Waals surface area contributed by atoms with Gasteiger partial charge in [0.25, 0.3) is 0 Å². The molecule has 0 heterocycles. The van der Waals surface area contributed by atoms with E-state index in [0.29, 0.717) is 12.0 Å². The second-order valence-electron chi connectivity index (χ2n) is 13.1. The monoisotopic (exact) mass is 794 g/mol. The Kier molecular flexibility index (Phi) is 17.5. The molecule has 0 atom stereocenters. The van der Waals surface area contributed by atoms with Crippen LogP contribution in [0.2, 0.25) is 17.7 Å². The van der Waals surface area contributed by atoms with Gasteiger partial charge in [0.15, 0.2) is 0 Å². The first kappa shape index (κ1) is 41.3. The molecule has 6 nitrogen and oxygen atoms in total. The van der Waals surface area contributed by atoms with Gasteiger partial charge in [0.05, 0.1) is 0 Å². The van der Waals surface area contributed by atoms with Gasteiger partial charge in [-0.25, -0.2) is 0 Å². The SMILES string of the molecule is CCC[CH2][Sn]([CH2]/C=C(/C)CCC(C/C=C(\C)COC(C)=O)(S(=O)(=O)c1ccccc1)S(=O)(=O)c1ccccc1)([CH2]CCC)[CH2]CCC. The summed E-state index contributed by atoms with van der Waals surface area (Å²) in [5, 5.41) is 0. The number of esters is 1. The summed E-state index contributed by atoms with van der Waals surface area (Å²) in [6, 6.07) is 15.8. The average Bonchev–Trinajstić information content (AvgIpc) is 3.07. The van der Waals surface area contributed by atoms with Crippen molar-refractivity contribution in [2.24, 2.45) is 0 Å². The summed E-state index contributed by atoms with van der Waals surface area (Å²) in [5.74, 6) is -0.461. The van der Waals surface area contributed by atoms with Gasteiger partial charge in [-0.05, 0) is 0 Å². The quantitative estimate of drug-likeness (QED) is 0.0670. The third-order valence-electron chi connectivity index (χ3n) is 9.32. The van der Waals surface area contributed by atoms with Gasteiger partial charge >= 0.3 is 280 Å². The number of allylic oxidation sites excluding steroid dienone is 3. The number of benzene rings is 2. The normalized spacial score (nSPS) is 13.5. The molecule has 0 radical (unpaired) electrons. The summed E-state index contributed by atoms with van der Waals surface area (Å²) >= 11 is -2.50. The molecule has 2 aromatic carbocycles. The van der Waals surface area contributed by atoms with Crippen LogP contribution in [-0.4, -0.2) is 51.9 Å². The fourth-order valence-corrected chi connectivity index (χ4v) is 26.7. The van der Waals surface area contributed by atoms with E-state index in [4.69, 9.17) is 4.74 Å². The van der Waals surface area contributed by atoms with E-state index in [2.05, 4.69) is 26.8 Å². The van der Waals surface area contributed by atoms with Crippen molar-refractivity contribution in [3.63, 3.8) is 0 Å². The maximum absolute atomic E-state index is 14.7. The molecule has 0 N–H and O–H groups in total. The first-order valence-electron chi connectivity index (χ1n) is 17.3. The standard InChI is InChI=1S/C26H31O6S2.3C4H9.Sn/c1-5-21(2)16-18-26(19-17-22(3)20-32-23(4)27,33(28,29)24-12-8-6-9-13-24)34(30,31)25-14-10-7-11-15-25;3*1-3-4-2;/h5-15,17H,1,16,18-20H2,2-4H3;3*1,3-4H2,2H3;/b21-5-,22-17+;;;;. The van der Waals surface area contributed by atoms with Crippen molar-refractivity contribution >= 4 is 44.0 Å². The van der Waals surface area contributed by atoms with Crippen LogP contribution in [0.3, 0.4) is 0 Å². The molecular formula is C38H58O6S2Sn. The first-order valence-corrected chi connectivity index (χ1v) is 28.4. The minimum absolute atomic E-state index is 0.0268. The Morgan fingerprint density at radius 2 is 1.15 bits per heavy atom. The number of carbonyl (C=O) groups excluding carboxylic acids is 1. The molecule has 0 aromatic heterocycles. The van der Waals surface area contributed by atoms with Crippen molar-refractivity contribution in [1.29, 1.82) is 0 Å². The van der Waals surface area contributed by atoms with Crippen LogP contribution in [0.25, 0.3) is 0 Å². The van der Waals surface area contributed by atoms with Crippen LogP contribution in [0, 0.1) is 0 Å². The Labute approximate surface area is 290 Å². The Morgan fingerprint density at radius 1 is 0.702 bits per heavy atom. The second-order valence-corrected chi connectivity index (χ2v) is 31.9. The van der Waals surface area contributed by atoms with Gasteiger partial charge in [0, 0.05) is 6.92 Å². The molecule has 47 heavy (non-hydrogen) atoms. The van der Waals surface area contributed by atoms with E-state index < -0.39 is 48.1 Å². The van der Waals surface area contributed by atoms with Crippen molar-refractivity contribution in [3.05, 3.63) is 84.0 Å². The van der Waals surface area contributed by atoms with Gasteiger partial charge in [-0.15, -0.1) is 0 Å². The van der Waals surface area contributed by atoms with Crippen LogP contribution in [-0.2, 0) is 29.2 Å². The van der Waals surface area contributed by atoms with E-state index in [9.17, 15) is 21.6 Å². The molecule has 0 spiro atoms. The van der Waals surface area contributed by atoms with Gasteiger partial charge in [0.2, 0.25) is 0 Å². The summed E-state index contributed by atoms with van der Waals surface area (Å²) in [6.07, 6.45) is 11.3. The predicted octanol–water partition coefficient (Wildman–Crippen LogP) is 10.1. The molecule has 9 heteroatoms. The van der Waals surface area contributed by atoms with Crippen molar-refractivity contribution in [3.8, 4) is 0 Å². The van der Waals surface area contributed by atoms with Crippen LogP contribution >= 0.6 is 0 Å². The minimum atomic E-state index is -4.42. The van der Waals surface area contributed by atoms with E-state index in [-0.39, 0.29) is 29.2 Å². The van der Waals surface area contributed by atoms with E-state index in [0.717, 1.165) is 10.0 Å². The van der Waals surface area contributed by atoms with E-state index in [1.165, 1.54) is 83.0 Å². The molecule has 0 saturated carbocycles. The Balaban J connectivity index is 2.69. The zero-order chi connectivity index (χ0) is 35.0. The molecule has 0 aliphatic carbocycles. The van der Waals surface area contributed by atoms with Crippen molar-refractivity contribution in [2.45, 2.75) is 131 Å². The molecule has 2 rings (SSSR count). The molecule has 0 fully saturated rings. The van der Waals surface area contributed by atoms with Crippen LogP contribution in [0.15, 0.2) is 93.8 Å². The molecular weight excluding hydrogens is 735 g/mol. The summed E-state index contributed by atoms with van der Waals surface area (Å²) in [5.41, 5.74) is 1.64. The number of carbonyl (C=O) groups is 1. The van der Waals surface area contributed by atoms with Gasteiger partial charge in [-0.3, -0.25) is 4.79 Å². The summed E-state index contributed by atoms with van der Waals surface area (Å²) in [6.45, 7) is 11.8. The van der Waals surface area contributed by atoms with Crippen molar-refractivity contribution < 1.29 is 26.4 Å². The van der Waals surface area contributed by atoms with Crippen LogP contribution in [0.5, 0.6) is 0 Å². The van der Waals surface area contributed by atoms with Crippen LogP contribution in [0.1, 0.15) is 99.3 Å². The van der Waals surface area contributed by atoms with Crippen molar-refractivity contribution in [1.82, 2.24) is 0 Å². The summed E-state index contributed by atoms with van der Waals surface area (Å²) in [4.78, 5) is 11.4. The molecule has 262 valence electrons. The first-order chi connectivity index (χ1) is 22.3. The van der Waals surface area contributed by atoms with Gasteiger partial charge in [-0.1, -0.05) is 0 Å². The van der Waals surface area contributed by atoms with E-state index in [1.54, 1.807) is 49.4 Å². The average molecular weight is 794 g/mol. The maximum atomic E-state index is 14.7. The molecule has 0 aliphatic heterocycles. The summed E-state index contributed by atoms with van der Waals surface area (Å²) in [7, 11) is -8.85. The number of sulfone groups is 2. The number of hydrogen-bond acceptors (Lipinski definition) is 6. The van der Waals surface area contributed by atoms with E-state index in [1.807, 2.05) is 6.92 Å². The molecule has 0 saturated heterocycles. The molecule has 0 unspecified atom stereocenters. The molecule has 0 bridgehead atoms. The van der Waals surface area contributed by atoms with Crippen LogP contribution < -0.4 is 0 Å². The van der Waals surface area contributed by atoms with Gasteiger partial charge < -0.3 is 0 Å². The predicted molar refractivity (Wildman–Crippen MR) is 198 cm³/mol. The van der Waals surface area contributed by atoms with Gasteiger partial charge in [0.1, 0.15) is 0 Å². The Morgan fingerprint density at radius 3 is 1.55 bits per heavy atom. The molecule has 0 amide bonds. The number of unbranched alkanes of at least 4 members (excludes halogenated alkanes) is 3. The Bertz CT molecular complexity index is 1420. The second kappa shape index (κ2) is 19.9. The molecule has 2 aromatic rings. The van der Waals surface area contributed by atoms with E-state index >= 15 is 0 Å². The van der Waals surface area contributed by atoms with Crippen molar-refractivity contribution in [2.75, 3.05) is 6.61 Å². The fraction of sp³-hybridized carbons (Fsp3) is 0.553. The summed E-state index contributed by atoms with van der Waals surface area (Å²) < 4.78 is 67.1. The number of hydrogen-bond donors (Lipinski definition) is 0. The third kappa shape index (κ3) is 11.6. The zero-order valence-corrected chi connectivity index (χ0v) is 34.1. The number of rotatable bonds is 22. The topological polar surface area (TPSA) is 94.6 Å². The zero-order valence-electron chi connectivity index (χ0n) is 29.6.